The molecule has 1 fully saturated rings. The fraction of sp³-hybridized carbons (Fsp3) is 0.471. The molecule has 3 heterocycles. The zero-order valence-corrected chi connectivity index (χ0v) is 13.7. The van der Waals surface area contributed by atoms with Crippen molar-refractivity contribution in [1.29, 1.82) is 0 Å². The van der Waals surface area contributed by atoms with Gasteiger partial charge in [0.2, 0.25) is 0 Å². The second kappa shape index (κ2) is 7.37. The van der Waals surface area contributed by atoms with Gasteiger partial charge in [0.05, 0.1) is 0 Å². The molecule has 122 valence electrons. The van der Waals surface area contributed by atoms with Crippen molar-refractivity contribution >= 4 is 11.6 Å². The molecule has 1 aliphatic rings. The second-order valence-corrected chi connectivity index (χ2v) is 5.92. The predicted octanol–water partition coefficient (Wildman–Crippen LogP) is 2.23. The molecule has 0 aliphatic carbocycles. The van der Waals surface area contributed by atoms with Crippen LogP contribution in [0, 0.1) is 0 Å². The number of nitrogens with zero attached hydrogens (tertiary/aromatic N) is 4. The lowest BCUT2D eigenvalue weighted by Crippen LogP contribution is -2.39. The van der Waals surface area contributed by atoms with E-state index in [0.29, 0.717) is 12.1 Å². The van der Waals surface area contributed by atoms with Crippen LogP contribution >= 0.6 is 0 Å². The quantitative estimate of drug-likeness (QED) is 0.853. The normalized spacial score (nSPS) is 18.9. The zero-order chi connectivity index (χ0) is 16.1. The molecule has 0 spiro atoms. The first-order chi connectivity index (χ1) is 11.3. The summed E-state index contributed by atoms with van der Waals surface area (Å²) in [6.07, 6.45) is 7.75. The summed E-state index contributed by atoms with van der Waals surface area (Å²) in [5.74, 6) is 1.86. The molecule has 1 aliphatic heterocycles. The maximum absolute atomic E-state index is 4.44. The van der Waals surface area contributed by atoms with Crippen molar-refractivity contribution in [2.24, 2.45) is 0 Å². The monoisotopic (exact) mass is 312 g/mol. The predicted molar refractivity (Wildman–Crippen MR) is 92.6 cm³/mol. The van der Waals surface area contributed by atoms with Crippen LogP contribution in [0.3, 0.4) is 0 Å². The number of rotatable bonds is 6. The van der Waals surface area contributed by atoms with Gasteiger partial charge in [-0.1, -0.05) is 6.07 Å². The first-order valence-corrected chi connectivity index (χ1v) is 8.17. The minimum absolute atomic E-state index is 0.296. The lowest BCUT2D eigenvalue weighted by molar-refractivity contribution is 0.512. The highest BCUT2D eigenvalue weighted by Crippen LogP contribution is 2.25. The summed E-state index contributed by atoms with van der Waals surface area (Å²) >= 11 is 0. The Morgan fingerprint density at radius 1 is 1.39 bits per heavy atom. The number of hydrogen-bond donors (Lipinski definition) is 2. The molecular weight excluding hydrogens is 288 g/mol. The first-order valence-electron chi connectivity index (χ1n) is 8.17. The standard InChI is InChI=1S/C17H24N6/c1-13(14-5-3-7-19-10-14)20-11-15-6-4-8-23(15)17-9-16(18-2)21-12-22-17/h3,5,7,9-10,12-13,15,20H,4,6,8,11H2,1-2H3,(H,18,21,22)/t13-,15-/m0/s1. The van der Waals surface area contributed by atoms with Gasteiger partial charge in [-0.2, -0.15) is 0 Å². The van der Waals surface area contributed by atoms with Gasteiger partial charge in [-0.3, -0.25) is 4.98 Å². The Morgan fingerprint density at radius 3 is 3.09 bits per heavy atom. The SMILES string of the molecule is CNc1cc(N2CCC[C@H]2CN[C@@H](C)c2cccnc2)ncn1. The van der Waals surface area contributed by atoms with Crippen LogP contribution in [-0.4, -0.2) is 41.1 Å². The van der Waals surface area contributed by atoms with Crippen molar-refractivity contribution in [2.75, 3.05) is 30.4 Å². The lowest BCUT2D eigenvalue weighted by Gasteiger charge is -2.27. The van der Waals surface area contributed by atoms with E-state index >= 15 is 0 Å². The van der Waals surface area contributed by atoms with Crippen LogP contribution in [0.4, 0.5) is 11.6 Å². The average molecular weight is 312 g/mol. The summed E-state index contributed by atoms with van der Waals surface area (Å²) in [7, 11) is 1.88. The van der Waals surface area contributed by atoms with Gasteiger partial charge in [0.15, 0.2) is 0 Å². The van der Waals surface area contributed by atoms with E-state index < -0.39 is 0 Å². The van der Waals surface area contributed by atoms with Crippen molar-refractivity contribution in [3.8, 4) is 0 Å². The third-order valence-corrected chi connectivity index (χ3v) is 4.42. The van der Waals surface area contributed by atoms with E-state index in [-0.39, 0.29) is 0 Å². The molecule has 2 aromatic rings. The highest BCUT2D eigenvalue weighted by atomic mass is 15.3. The third-order valence-electron chi connectivity index (χ3n) is 4.42. The summed E-state index contributed by atoms with van der Waals surface area (Å²) in [4.78, 5) is 15.2. The summed E-state index contributed by atoms with van der Waals surface area (Å²) in [6, 6.07) is 6.87. The van der Waals surface area contributed by atoms with E-state index in [4.69, 9.17) is 0 Å². The molecule has 0 aromatic carbocycles. The molecule has 0 bridgehead atoms. The first kappa shape index (κ1) is 15.7. The van der Waals surface area contributed by atoms with Crippen molar-refractivity contribution in [3.05, 3.63) is 42.5 Å². The number of hydrogen-bond acceptors (Lipinski definition) is 6. The molecule has 1 saturated heterocycles. The van der Waals surface area contributed by atoms with Gasteiger partial charge < -0.3 is 15.5 Å². The summed E-state index contributed by atoms with van der Waals surface area (Å²) in [5, 5.41) is 6.71. The van der Waals surface area contributed by atoms with Crippen LogP contribution in [0.25, 0.3) is 0 Å². The molecule has 6 heteroatoms. The molecule has 2 N–H and O–H groups in total. The van der Waals surface area contributed by atoms with E-state index in [1.165, 1.54) is 18.4 Å². The van der Waals surface area contributed by atoms with Crippen LogP contribution in [0.1, 0.15) is 31.4 Å². The number of aromatic nitrogens is 3. The molecule has 23 heavy (non-hydrogen) atoms. The largest absolute Gasteiger partial charge is 0.373 e. The van der Waals surface area contributed by atoms with Crippen molar-refractivity contribution in [3.63, 3.8) is 0 Å². The van der Waals surface area contributed by atoms with Gasteiger partial charge in [-0.15, -0.1) is 0 Å². The van der Waals surface area contributed by atoms with Gasteiger partial charge in [-0.25, -0.2) is 9.97 Å². The van der Waals surface area contributed by atoms with Crippen LogP contribution in [-0.2, 0) is 0 Å². The molecule has 0 unspecified atom stereocenters. The van der Waals surface area contributed by atoms with Crippen LogP contribution in [0.15, 0.2) is 36.9 Å². The average Bonchev–Trinajstić information content (AvgIpc) is 3.09. The molecular formula is C17H24N6. The van der Waals surface area contributed by atoms with Crippen molar-refractivity contribution < 1.29 is 0 Å². The molecule has 6 nitrogen and oxygen atoms in total. The zero-order valence-electron chi connectivity index (χ0n) is 13.7. The topological polar surface area (TPSA) is 66.0 Å². The molecule has 2 aromatic heterocycles. The number of pyridine rings is 1. The van der Waals surface area contributed by atoms with E-state index in [0.717, 1.165) is 24.7 Å². The number of anilines is 2. The Labute approximate surface area is 137 Å². The van der Waals surface area contributed by atoms with Gasteiger partial charge in [0.25, 0.3) is 0 Å². The molecule has 0 amide bonds. The summed E-state index contributed by atoms with van der Waals surface area (Å²) in [6.45, 7) is 4.17. The summed E-state index contributed by atoms with van der Waals surface area (Å²) in [5.41, 5.74) is 1.22. The minimum Gasteiger partial charge on any atom is -0.373 e. The van der Waals surface area contributed by atoms with Gasteiger partial charge in [0.1, 0.15) is 18.0 Å². The maximum atomic E-state index is 4.44. The molecule has 0 saturated carbocycles. The van der Waals surface area contributed by atoms with Crippen molar-refractivity contribution in [2.45, 2.75) is 31.8 Å². The second-order valence-electron chi connectivity index (χ2n) is 5.92. The number of nitrogens with one attached hydrogen (secondary N) is 2. The van der Waals surface area contributed by atoms with E-state index in [1.54, 1.807) is 6.33 Å². The fourth-order valence-electron chi connectivity index (χ4n) is 3.05. The Hall–Kier alpha value is -2.21. The highest BCUT2D eigenvalue weighted by molar-refractivity contribution is 5.49. The summed E-state index contributed by atoms with van der Waals surface area (Å²) < 4.78 is 0. The fourth-order valence-corrected chi connectivity index (χ4v) is 3.05. The Kier molecular flexibility index (Phi) is 5.02. The molecule has 2 atom stereocenters. The lowest BCUT2D eigenvalue weighted by atomic mass is 10.1. The van der Waals surface area contributed by atoms with Crippen LogP contribution in [0.2, 0.25) is 0 Å². The Balaban J connectivity index is 1.63. The van der Waals surface area contributed by atoms with Crippen LogP contribution < -0.4 is 15.5 Å². The van der Waals surface area contributed by atoms with E-state index in [1.807, 2.05) is 31.6 Å². The molecule has 3 rings (SSSR count). The van der Waals surface area contributed by atoms with E-state index in [2.05, 4.69) is 43.5 Å². The van der Waals surface area contributed by atoms with Crippen LogP contribution in [0.5, 0.6) is 0 Å². The smallest absolute Gasteiger partial charge is 0.134 e. The van der Waals surface area contributed by atoms with E-state index in [9.17, 15) is 0 Å². The molecule has 0 radical (unpaired) electrons. The Bertz CT molecular complexity index is 617. The Morgan fingerprint density at radius 2 is 2.30 bits per heavy atom. The van der Waals surface area contributed by atoms with Gasteiger partial charge in [0, 0.05) is 50.7 Å². The third kappa shape index (κ3) is 3.76. The van der Waals surface area contributed by atoms with Gasteiger partial charge in [-0.05, 0) is 31.4 Å². The highest BCUT2D eigenvalue weighted by Gasteiger charge is 2.26. The minimum atomic E-state index is 0.296. The maximum Gasteiger partial charge on any atom is 0.134 e. The van der Waals surface area contributed by atoms with Gasteiger partial charge >= 0.3 is 0 Å². The van der Waals surface area contributed by atoms with Crippen molar-refractivity contribution in [1.82, 2.24) is 20.3 Å².